The molecule has 1 saturated carbocycles. The first-order valence-corrected chi connectivity index (χ1v) is 10.9. The number of fused-ring (bicyclic) bond motifs is 1. The molecule has 0 bridgehead atoms. The van der Waals surface area contributed by atoms with Crippen molar-refractivity contribution in [3.8, 4) is 5.88 Å². The van der Waals surface area contributed by atoms with E-state index in [4.69, 9.17) is 9.47 Å². The number of anilines is 3. The second kappa shape index (κ2) is 10.1. The standard InChI is InChI=1S/C22H30N6O4/c1-27-18-7-8-19(32-12-11-31-2)26-20(18)28(22(27)30)14-15-3-5-16(6-4-15)21(29)25-17-9-10-23-24-13-17/h7-10,13,15-16,22,30H,3-6,11-12,14H2,1-2H3,(H,23,25,29). The van der Waals surface area contributed by atoms with Crippen molar-refractivity contribution in [1.82, 2.24) is 15.2 Å². The third-order valence-corrected chi connectivity index (χ3v) is 6.17. The molecule has 0 saturated heterocycles. The van der Waals surface area contributed by atoms with Crippen molar-refractivity contribution in [2.75, 3.05) is 49.0 Å². The summed E-state index contributed by atoms with van der Waals surface area (Å²) in [6.45, 7) is 1.58. The average molecular weight is 443 g/mol. The van der Waals surface area contributed by atoms with Crippen molar-refractivity contribution < 1.29 is 19.4 Å². The lowest BCUT2D eigenvalue weighted by Crippen LogP contribution is -2.44. The van der Waals surface area contributed by atoms with E-state index in [0.29, 0.717) is 37.2 Å². The Morgan fingerprint density at radius 3 is 2.72 bits per heavy atom. The molecule has 0 aromatic carbocycles. The molecule has 2 aliphatic rings. The lowest BCUT2D eigenvalue weighted by molar-refractivity contribution is -0.121. The maximum atomic E-state index is 12.6. The van der Waals surface area contributed by atoms with Crippen LogP contribution in [-0.4, -0.2) is 66.5 Å². The van der Waals surface area contributed by atoms with Gasteiger partial charge in [-0.25, -0.2) is 0 Å². The molecule has 1 amide bonds. The van der Waals surface area contributed by atoms with Gasteiger partial charge in [0.05, 0.1) is 30.4 Å². The van der Waals surface area contributed by atoms with E-state index in [9.17, 15) is 9.90 Å². The zero-order valence-corrected chi connectivity index (χ0v) is 18.5. The topological polar surface area (TPSA) is 113 Å². The lowest BCUT2D eigenvalue weighted by atomic mass is 9.81. The number of methoxy groups -OCH3 is 1. The summed E-state index contributed by atoms with van der Waals surface area (Å²) >= 11 is 0. The van der Waals surface area contributed by atoms with Crippen LogP contribution in [0.25, 0.3) is 0 Å². The minimum atomic E-state index is -0.771. The Labute approximate surface area is 187 Å². The number of hydrogen-bond acceptors (Lipinski definition) is 9. The number of aliphatic hydroxyl groups excluding tert-OH is 1. The second-order valence-corrected chi connectivity index (χ2v) is 8.28. The van der Waals surface area contributed by atoms with Crippen molar-refractivity contribution in [3.63, 3.8) is 0 Å². The van der Waals surface area contributed by atoms with Gasteiger partial charge in [-0.3, -0.25) is 4.79 Å². The Bertz CT molecular complexity index is 907. The van der Waals surface area contributed by atoms with Crippen molar-refractivity contribution in [2.45, 2.75) is 32.0 Å². The van der Waals surface area contributed by atoms with Crippen LogP contribution in [0.4, 0.5) is 17.2 Å². The van der Waals surface area contributed by atoms with Gasteiger partial charge in [-0.05, 0) is 43.7 Å². The number of nitrogens with zero attached hydrogens (tertiary/aromatic N) is 5. The van der Waals surface area contributed by atoms with Gasteiger partial charge in [0.25, 0.3) is 0 Å². The molecule has 1 unspecified atom stereocenters. The highest BCUT2D eigenvalue weighted by atomic mass is 16.5. The first-order valence-electron chi connectivity index (χ1n) is 10.9. The molecular formula is C22H30N6O4. The Morgan fingerprint density at radius 2 is 2.00 bits per heavy atom. The highest BCUT2D eigenvalue weighted by Crippen LogP contribution is 2.40. The van der Waals surface area contributed by atoms with Crippen LogP contribution >= 0.6 is 0 Å². The van der Waals surface area contributed by atoms with E-state index in [1.165, 1.54) is 0 Å². The molecular weight excluding hydrogens is 412 g/mol. The first kappa shape index (κ1) is 22.2. The van der Waals surface area contributed by atoms with Crippen LogP contribution in [0.1, 0.15) is 25.7 Å². The summed E-state index contributed by atoms with van der Waals surface area (Å²) < 4.78 is 10.7. The predicted octanol–water partition coefficient (Wildman–Crippen LogP) is 1.87. The van der Waals surface area contributed by atoms with Crippen molar-refractivity contribution in [3.05, 3.63) is 30.6 Å². The summed E-state index contributed by atoms with van der Waals surface area (Å²) in [5.41, 5.74) is 1.54. The number of nitrogens with one attached hydrogen (secondary N) is 1. The maximum absolute atomic E-state index is 12.6. The largest absolute Gasteiger partial charge is 0.475 e. The number of carbonyl (C=O) groups excluding carboxylic acids is 1. The van der Waals surface area contributed by atoms with Crippen molar-refractivity contribution in [2.24, 2.45) is 11.8 Å². The Hall–Kier alpha value is -2.98. The maximum Gasteiger partial charge on any atom is 0.227 e. The van der Waals surface area contributed by atoms with E-state index in [2.05, 4.69) is 20.5 Å². The third-order valence-electron chi connectivity index (χ3n) is 6.17. The molecule has 32 heavy (non-hydrogen) atoms. The minimum absolute atomic E-state index is 0.0169. The molecule has 3 heterocycles. The number of amides is 1. The number of aliphatic hydroxyl groups is 1. The highest BCUT2D eigenvalue weighted by molar-refractivity contribution is 5.92. The van der Waals surface area contributed by atoms with E-state index in [0.717, 1.165) is 37.2 Å². The molecule has 1 aliphatic carbocycles. The van der Waals surface area contributed by atoms with Gasteiger partial charge in [-0.1, -0.05) is 0 Å². The van der Waals surface area contributed by atoms with E-state index in [1.54, 1.807) is 25.6 Å². The SMILES string of the molecule is COCCOc1ccc2c(n1)N(CC1CCC(C(=O)Nc3ccnnc3)CC1)C(O)N2C. The normalized spacial score (nSPS) is 22.5. The van der Waals surface area contributed by atoms with Gasteiger partial charge in [0.15, 0.2) is 5.82 Å². The first-order chi connectivity index (χ1) is 15.6. The zero-order valence-electron chi connectivity index (χ0n) is 18.5. The molecule has 0 radical (unpaired) electrons. The summed E-state index contributed by atoms with van der Waals surface area (Å²) in [5, 5.41) is 21.2. The molecule has 1 aliphatic heterocycles. The molecule has 1 fully saturated rings. The lowest BCUT2D eigenvalue weighted by Gasteiger charge is -2.33. The van der Waals surface area contributed by atoms with Crippen molar-refractivity contribution >= 4 is 23.1 Å². The Balaban J connectivity index is 1.35. The van der Waals surface area contributed by atoms with E-state index >= 15 is 0 Å². The highest BCUT2D eigenvalue weighted by Gasteiger charge is 2.36. The van der Waals surface area contributed by atoms with E-state index in [1.807, 2.05) is 29.0 Å². The Morgan fingerprint density at radius 1 is 1.19 bits per heavy atom. The minimum Gasteiger partial charge on any atom is -0.475 e. The van der Waals surface area contributed by atoms with Gasteiger partial charge >= 0.3 is 0 Å². The van der Waals surface area contributed by atoms with Crippen LogP contribution in [0.2, 0.25) is 0 Å². The van der Waals surface area contributed by atoms with Crippen LogP contribution in [-0.2, 0) is 9.53 Å². The average Bonchev–Trinajstić information content (AvgIpc) is 3.05. The molecule has 10 heteroatoms. The van der Waals surface area contributed by atoms with Crippen LogP contribution in [0.5, 0.6) is 5.88 Å². The summed E-state index contributed by atoms with van der Waals surface area (Å²) in [5.74, 6) is 1.62. The summed E-state index contributed by atoms with van der Waals surface area (Å²) in [6.07, 6.45) is 5.80. The predicted molar refractivity (Wildman–Crippen MR) is 119 cm³/mol. The fourth-order valence-corrected chi connectivity index (χ4v) is 4.34. The quantitative estimate of drug-likeness (QED) is 0.592. The van der Waals surface area contributed by atoms with Gasteiger partial charge in [0.2, 0.25) is 18.1 Å². The summed E-state index contributed by atoms with van der Waals surface area (Å²) in [7, 11) is 3.48. The van der Waals surface area contributed by atoms with E-state index < -0.39 is 6.35 Å². The second-order valence-electron chi connectivity index (χ2n) is 8.28. The molecule has 2 aromatic heterocycles. The van der Waals surface area contributed by atoms with Crippen LogP contribution in [0, 0.1) is 11.8 Å². The molecule has 2 aromatic rings. The number of rotatable bonds is 8. The number of hydrogen-bond donors (Lipinski definition) is 2. The van der Waals surface area contributed by atoms with Gasteiger partial charge in [0, 0.05) is 32.7 Å². The third kappa shape index (κ3) is 4.91. The molecule has 1 atom stereocenters. The van der Waals surface area contributed by atoms with Crippen LogP contribution in [0.3, 0.4) is 0 Å². The number of pyridine rings is 1. The van der Waals surface area contributed by atoms with Gasteiger partial charge < -0.3 is 29.7 Å². The molecule has 172 valence electrons. The van der Waals surface area contributed by atoms with Crippen molar-refractivity contribution in [1.29, 1.82) is 0 Å². The van der Waals surface area contributed by atoms with E-state index in [-0.39, 0.29) is 11.8 Å². The number of carbonyl (C=O) groups is 1. The van der Waals surface area contributed by atoms with Gasteiger partial charge in [-0.15, -0.1) is 0 Å². The fraction of sp³-hybridized carbons (Fsp3) is 0.545. The molecule has 2 N–H and O–H groups in total. The van der Waals surface area contributed by atoms with Gasteiger partial charge in [0.1, 0.15) is 6.61 Å². The smallest absolute Gasteiger partial charge is 0.227 e. The molecule has 4 rings (SSSR count). The monoisotopic (exact) mass is 442 g/mol. The molecule has 10 nitrogen and oxygen atoms in total. The van der Waals surface area contributed by atoms with Gasteiger partial charge in [-0.2, -0.15) is 15.2 Å². The molecule has 0 spiro atoms. The Kier molecular flexibility index (Phi) is 7.01. The fourth-order valence-electron chi connectivity index (χ4n) is 4.34. The number of aromatic nitrogens is 3. The van der Waals surface area contributed by atoms with Crippen LogP contribution in [0.15, 0.2) is 30.6 Å². The van der Waals surface area contributed by atoms with Crippen LogP contribution < -0.4 is 19.9 Å². The summed E-state index contributed by atoms with van der Waals surface area (Å²) in [6, 6.07) is 5.46. The number of ether oxygens (including phenoxy) is 2. The zero-order chi connectivity index (χ0) is 22.5. The summed E-state index contributed by atoms with van der Waals surface area (Å²) in [4.78, 5) is 20.9.